The van der Waals surface area contributed by atoms with E-state index in [1.165, 1.54) is 128 Å². The quantitative estimate of drug-likeness (QED) is 0.0244. The predicted octanol–water partition coefficient (Wildman–Crippen LogP) is 18.1. The van der Waals surface area contributed by atoms with Crippen LogP contribution in [0.25, 0.3) is 0 Å². The first-order valence-corrected chi connectivity index (χ1v) is 29.0. The molecule has 0 spiro atoms. The third-order valence-electron chi connectivity index (χ3n) is 12.7. The molecule has 0 saturated heterocycles. The van der Waals surface area contributed by atoms with E-state index in [-0.39, 0.29) is 24.9 Å². The molecule has 69 heavy (non-hydrogen) atoms. The van der Waals surface area contributed by atoms with Crippen LogP contribution in [-0.2, 0) is 14.3 Å². The van der Waals surface area contributed by atoms with Crippen molar-refractivity contribution in [3.05, 3.63) is 97.2 Å². The van der Waals surface area contributed by atoms with Gasteiger partial charge in [0.1, 0.15) is 6.10 Å². The van der Waals surface area contributed by atoms with Crippen LogP contribution in [0.5, 0.6) is 0 Å². The highest BCUT2D eigenvalue weighted by Gasteiger charge is 2.23. The Morgan fingerprint density at radius 2 is 0.841 bits per heavy atom. The van der Waals surface area contributed by atoms with Crippen LogP contribution >= 0.6 is 0 Å². The van der Waals surface area contributed by atoms with Gasteiger partial charge in [0.2, 0.25) is 5.91 Å². The monoisotopic (exact) mass is 960 g/mol. The molecule has 0 aromatic rings. The molecule has 3 atom stereocenters. The van der Waals surface area contributed by atoms with Crippen molar-refractivity contribution in [1.29, 1.82) is 0 Å². The number of carbonyl (C=O) groups is 2. The molecule has 0 radical (unpaired) electrons. The molecule has 0 aliphatic heterocycles. The minimum absolute atomic E-state index is 0.0576. The number of carbonyl (C=O) groups excluding carboxylic acids is 2. The molecule has 3 unspecified atom stereocenters. The van der Waals surface area contributed by atoms with Gasteiger partial charge in [-0.1, -0.05) is 266 Å². The molecule has 0 fully saturated rings. The van der Waals surface area contributed by atoms with Crippen LogP contribution in [0.3, 0.4) is 0 Å². The van der Waals surface area contributed by atoms with Gasteiger partial charge >= 0.3 is 5.97 Å². The summed E-state index contributed by atoms with van der Waals surface area (Å²) in [6.07, 6.45) is 75.0. The number of nitrogens with one attached hydrogen (secondary N) is 1. The zero-order valence-corrected chi connectivity index (χ0v) is 45.2. The summed E-state index contributed by atoms with van der Waals surface area (Å²) in [5, 5.41) is 23.8. The molecular formula is C63H109NO5. The number of allylic oxidation sites excluding steroid dienone is 15. The van der Waals surface area contributed by atoms with Crippen molar-refractivity contribution in [2.24, 2.45) is 0 Å². The lowest BCUT2D eigenvalue weighted by Crippen LogP contribution is -2.46. The van der Waals surface area contributed by atoms with Gasteiger partial charge in [-0.3, -0.25) is 9.59 Å². The minimum Gasteiger partial charge on any atom is -0.458 e. The van der Waals surface area contributed by atoms with Gasteiger partial charge in [-0.2, -0.15) is 0 Å². The smallest absolute Gasteiger partial charge is 0.306 e. The predicted molar refractivity (Wildman–Crippen MR) is 300 cm³/mol. The Kier molecular flexibility index (Phi) is 53.1. The summed E-state index contributed by atoms with van der Waals surface area (Å²) in [5.74, 6) is -0.648. The van der Waals surface area contributed by atoms with Crippen LogP contribution in [0.2, 0.25) is 0 Å². The second-order valence-electron chi connectivity index (χ2n) is 19.3. The maximum absolute atomic E-state index is 13.2. The van der Waals surface area contributed by atoms with Crippen LogP contribution < -0.4 is 5.32 Å². The number of rotatable bonds is 51. The fourth-order valence-electron chi connectivity index (χ4n) is 8.30. The van der Waals surface area contributed by atoms with E-state index in [2.05, 4.69) is 111 Å². The highest BCUT2D eigenvalue weighted by Crippen LogP contribution is 2.16. The Balaban J connectivity index is 4.76. The Morgan fingerprint density at radius 3 is 1.26 bits per heavy atom. The van der Waals surface area contributed by atoms with E-state index in [0.717, 1.165) is 89.9 Å². The highest BCUT2D eigenvalue weighted by molar-refractivity contribution is 5.78. The molecule has 0 heterocycles. The molecule has 1 amide bonds. The van der Waals surface area contributed by atoms with Gasteiger partial charge in [-0.25, -0.2) is 0 Å². The van der Waals surface area contributed by atoms with Crippen LogP contribution in [0.15, 0.2) is 97.2 Å². The van der Waals surface area contributed by atoms with Gasteiger partial charge < -0.3 is 20.3 Å². The second kappa shape index (κ2) is 55.7. The average Bonchev–Trinajstić information content (AvgIpc) is 3.34. The van der Waals surface area contributed by atoms with Gasteiger partial charge in [0.05, 0.1) is 25.2 Å². The topological polar surface area (TPSA) is 95.9 Å². The molecule has 6 nitrogen and oxygen atoms in total. The van der Waals surface area contributed by atoms with E-state index < -0.39 is 18.2 Å². The zero-order chi connectivity index (χ0) is 50.2. The summed E-state index contributed by atoms with van der Waals surface area (Å²) < 4.78 is 5.84. The van der Waals surface area contributed by atoms with Gasteiger partial charge in [-0.05, 0) is 83.1 Å². The lowest BCUT2D eigenvalue weighted by Gasteiger charge is -2.23. The number of hydrogen-bond acceptors (Lipinski definition) is 5. The van der Waals surface area contributed by atoms with Crippen molar-refractivity contribution in [2.45, 2.75) is 283 Å². The van der Waals surface area contributed by atoms with Crippen molar-refractivity contribution in [2.75, 3.05) is 6.61 Å². The van der Waals surface area contributed by atoms with Gasteiger partial charge in [0.25, 0.3) is 0 Å². The van der Waals surface area contributed by atoms with Crippen molar-refractivity contribution >= 4 is 11.9 Å². The standard InChI is InChI=1S/C63H109NO5/c1-4-7-10-13-16-19-22-25-28-30-32-35-38-41-44-47-50-53-56-63(68)69-59(54-51-48-45-42-39-36-34-31-29-26-23-20-17-14-11-8-5-2)57-62(67)64-60(58-65)61(66)55-52-49-46-43-40-37-33-27-24-21-18-15-12-9-6-3/h8,11,17,20,26,28-30,32,34-36,42,45,51,54,59-61,65-66H,4-7,9-10,12-16,18-19,21-25,27,31,33,37-41,43-44,46-50,52-53,55-58H2,1-3H3,(H,64,67)/b11-8-,20-17-,29-26-,30-28+,35-32+,36-34-,45-42-,54-51-. The molecule has 0 bridgehead atoms. The van der Waals surface area contributed by atoms with Crippen molar-refractivity contribution in [3.63, 3.8) is 0 Å². The third kappa shape index (κ3) is 51.0. The normalized spacial score (nSPS) is 13.9. The number of ether oxygens (including phenoxy) is 1. The molecule has 396 valence electrons. The van der Waals surface area contributed by atoms with Crippen LogP contribution in [-0.4, -0.2) is 46.9 Å². The SMILES string of the molecule is CC/C=C\C/C=C\C/C=C\C/C=C\C/C=C\C/C=C\C(CC(=O)NC(CO)C(O)CCCCCCCCCCCCCCCCC)OC(=O)CCCCCCC/C=C/C=C/CCCCCCCCC. The van der Waals surface area contributed by atoms with E-state index >= 15 is 0 Å². The summed E-state index contributed by atoms with van der Waals surface area (Å²) >= 11 is 0. The molecule has 0 aromatic heterocycles. The molecule has 0 aromatic carbocycles. The number of esters is 1. The number of aliphatic hydroxyl groups is 2. The Labute approximate surface area is 426 Å². The Morgan fingerprint density at radius 1 is 0.464 bits per heavy atom. The van der Waals surface area contributed by atoms with Crippen LogP contribution in [0, 0.1) is 0 Å². The lowest BCUT2D eigenvalue weighted by atomic mass is 10.0. The molecule has 0 aliphatic carbocycles. The molecule has 0 saturated carbocycles. The first-order chi connectivity index (χ1) is 34.0. The van der Waals surface area contributed by atoms with Crippen molar-refractivity contribution in [1.82, 2.24) is 5.32 Å². The molecule has 0 rings (SSSR count). The summed E-state index contributed by atoms with van der Waals surface area (Å²) in [6.45, 7) is 6.34. The Hall–Kier alpha value is -3.22. The molecule has 0 aliphatic rings. The molecule has 6 heteroatoms. The van der Waals surface area contributed by atoms with Crippen LogP contribution in [0.4, 0.5) is 0 Å². The molecule has 3 N–H and O–H groups in total. The first-order valence-electron chi connectivity index (χ1n) is 29.0. The van der Waals surface area contributed by atoms with E-state index in [1.54, 1.807) is 6.08 Å². The second-order valence-corrected chi connectivity index (χ2v) is 19.3. The van der Waals surface area contributed by atoms with Crippen molar-refractivity contribution < 1.29 is 24.5 Å². The number of amides is 1. The maximum atomic E-state index is 13.2. The van der Waals surface area contributed by atoms with E-state index in [1.807, 2.05) is 6.08 Å². The van der Waals surface area contributed by atoms with E-state index in [4.69, 9.17) is 4.74 Å². The highest BCUT2D eigenvalue weighted by atomic mass is 16.5. The number of hydrogen-bond donors (Lipinski definition) is 3. The van der Waals surface area contributed by atoms with Crippen LogP contribution in [0.1, 0.15) is 265 Å². The fraction of sp³-hybridized carbons (Fsp3) is 0.714. The lowest BCUT2D eigenvalue weighted by molar-refractivity contribution is -0.148. The first kappa shape index (κ1) is 65.8. The third-order valence-corrected chi connectivity index (χ3v) is 12.7. The van der Waals surface area contributed by atoms with E-state index in [0.29, 0.717) is 19.3 Å². The average molecular weight is 961 g/mol. The number of aliphatic hydroxyl groups excluding tert-OH is 2. The summed E-state index contributed by atoms with van der Waals surface area (Å²) in [4.78, 5) is 26.2. The van der Waals surface area contributed by atoms with E-state index in [9.17, 15) is 19.8 Å². The summed E-state index contributed by atoms with van der Waals surface area (Å²) in [7, 11) is 0. The zero-order valence-electron chi connectivity index (χ0n) is 45.2. The largest absolute Gasteiger partial charge is 0.458 e. The van der Waals surface area contributed by atoms with Gasteiger partial charge in [-0.15, -0.1) is 0 Å². The summed E-state index contributed by atoms with van der Waals surface area (Å²) in [5.41, 5.74) is 0. The van der Waals surface area contributed by atoms with Crippen molar-refractivity contribution in [3.8, 4) is 0 Å². The fourth-order valence-corrected chi connectivity index (χ4v) is 8.30. The summed E-state index contributed by atoms with van der Waals surface area (Å²) in [6, 6.07) is -0.752. The number of unbranched alkanes of at least 4 members (excludes halogenated alkanes) is 26. The minimum atomic E-state index is -0.829. The maximum Gasteiger partial charge on any atom is 0.306 e. The Bertz CT molecular complexity index is 1350. The van der Waals surface area contributed by atoms with Gasteiger partial charge in [0, 0.05) is 6.42 Å². The van der Waals surface area contributed by atoms with Gasteiger partial charge in [0.15, 0.2) is 0 Å². The molecular weight excluding hydrogens is 851 g/mol.